The van der Waals surface area contributed by atoms with Gasteiger partial charge in [-0.3, -0.25) is 4.84 Å². The van der Waals surface area contributed by atoms with Gasteiger partial charge in [0.1, 0.15) is 17.8 Å². The SMILES string of the molecule is Cc1oc(-c2cccc(Br)c2)nc1CCOc1[c]c(CN(CC=O)OC(C)C)ccc1. The monoisotopic (exact) mass is 485 g/mol. The van der Waals surface area contributed by atoms with E-state index in [2.05, 4.69) is 27.0 Å². The second kappa shape index (κ2) is 11.2. The smallest absolute Gasteiger partial charge is 0.226 e. The molecule has 0 aliphatic rings. The maximum atomic E-state index is 10.9. The van der Waals surface area contributed by atoms with Crippen molar-refractivity contribution in [2.75, 3.05) is 13.2 Å². The number of nitrogens with zero attached hydrogens (tertiary/aromatic N) is 2. The third kappa shape index (κ3) is 7.02. The highest BCUT2D eigenvalue weighted by Gasteiger charge is 2.13. The lowest BCUT2D eigenvalue weighted by Gasteiger charge is -2.22. The standard InChI is InChI=1S/C24H26BrN2O4/c1-17(2)31-27(11-12-28)16-19-6-4-9-22(14-19)29-13-10-23-18(3)30-24(26-23)20-7-5-8-21(25)15-20/h4-9,12,15,17H,10-11,13,16H2,1-3H3. The van der Waals surface area contributed by atoms with Crippen LogP contribution in [0.1, 0.15) is 30.9 Å². The van der Waals surface area contributed by atoms with Crippen molar-refractivity contribution in [1.29, 1.82) is 0 Å². The number of aryl methyl sites for hydroxylation is 1. The summed E-state index contributed by atoms with van der Waals surface area (Å²) >= 11 is 3.47. The number of aldehydes is 1. The second-order valence-corrected chi connectivity index (χ2v) is 8.23. The Kier molecular flexibility index (Phi) is 8.40. The van der Waals surface area contributed by atoms with E-state index in [0.717, 1.165) is 33.3 Å². The van der Waals surface area contributed by atoms with Gasteiger partial charge in [-0.25, -0.2) is 4.98 Å². The molecule has 0 unspecified atom stereocenters. The maximum absolute atomic E-state index is 10.9. The Bertz CT molecular complexity index is 1000. The zero-order valence-corrected chi connectivity index (χ0v) is 19.5. The first kappa shape index (κ1) is 23.2. The lowest BCUT2D eigenvalue weighted by atomic mass is 10.2. The molecule has 0 aliphatic heterocycles. The van der Waals surface area contributed by atoms with E-state index in [9.17, 15) is 4.79 Å². The van der Waals surface area contributed by atoms with Crippen molar-refractivity contribution in [2.24, 2.45) is 0 Å². The van der Waals surface area contributed by atoms with Crippen molar-refractivity contribution in [3.05, 3.63) is 70.0 Å². The molecular formula is C24H26BrN2O4. The summed E-state index contributed by atoms with van der Waals surface area (Å²) in [5.74, 6) is 2.02. The molecule has 163 valence electrons. The van der Waals surface area contributed by atoms with Crippen molar-refractivity contribution < 1.29 is 18.8 Å². The topological polar surface area (TPSA) is 64.8 Å². The number of aromatic nitrogens is 1. The van der Waals surface area contributed by atoms with Crippen LogP contribution in [0.5, 0.6) is 5.75 Å². The van der Waals surface area contributed by atoms with Crippen LogP contribution in [0.3, 0.4) is 0 Å². The molecule has 0 saturated carbocycles. The predicted molar refractivity (Wildman–Crippen MR) is 122 cm³/mol. The summed E-state index contributed by atoms with van der Waals surface area (Å²) in [7, 11) is 0. The van der Waals surface area contributed by atoms with E-state index in [1.807, 2.05) is 63.2 Å². The Hall–Kier alpha value is -2.48. The Balaban J connectivity index is 1.58. The van der Waals surface area contributed by atoms with Gasteiger partial charge in [-0.15, -0.1) is 0 Å². The Labute approximate surface area is 191 Å². The van der Waals surface area contributed by atoms with Crippen LogP contribution in [0.4, 0.5) is 0 Å². The largest absolute Gasteiger partial charge is 0.493 e. The molecule has 0 fully saturated rings. The van der Waals surface area contributed by atoms with Gasteiger partial charge in [0.15, 0.2) is 0 Å². The molecule has 31 heavy (non-hydrogen) atoms. The molecule has 1 aromatic heterocycles. The first-order valence-electron chi connectivity index (χ1n) is 10.2. The Morgan fingerprint density at radius 3 is 2.81 bits per heavy atom. The fraction of sp³-hybridized carbons (Fsp3) is 0.333. The summed E-state index contributed by atoms with van der Waals surface area (Å²) in [6.07, 6.45) is 1.44. The molecule has 0 bridgehead atoms. The molecule has 0 saturated heterocycles. The second-order valence-electron chi connectivity index (χ2n) is 7.31. The number of hydrogen-bond acceptors (Lipinski definition) is 6. The first-order valence-corrected chi connectivity index (χ1v) is 11.0. The van der Waals surface area contributed by atoms with Crippen LogP contribution in [-0.2, 0) is 22.6 Å². The zero-order chi connectivity index (χ0) is 22.2. The lowest BCUT2D eigenvalue weighted by Crippen LogP contribution is -2.28. The van der Waals surface area contributed by atoms with E-state index in [1.54, 1.807) is 5.06 Å². The molecule has 0 spiro atoms. The number of benzene rings is 2. The molecule has 6 nitrogen and oxygen atoms in total. The molecule has 1 radical (unpaired) electrons. The van der Waals surface area contributed by atoms with Gasteiger partial charge in [-0.05, 0) is 50.6 Å². The van der Waals surface area contributed by atoms with Crippen LogP contribution in [-0.4, -0.2) is 35.6 Å². The number of carbonyl (C=O) groups excluding carboxylic acids is 1. The highest BCUT2D eigenvalue weighted by molar-refractivity contribution is 9.10. The van der Waals surface area contributed by atoms with Gasteiger partial charge in [0.2, 0.25) is 5.89 Å². The number of halogens is 1. The van der Waals surface area contributed by atoms with Crippen LogP contribution < -0.4 is 4.74 Å². The van der Waals surface area contributed by atoms with Crippen LogP contribution in [0, 0.1) is 13.0 Å². The van der Waals surface area contributed by atoms with Crippen LogP contribution in [0.25, 0.3) is 11.5 Å². The van der Waals surface area contributed by atoms with Crippen LogP contribution in [0.2, 0.25) is 0 Å². The summed E-state index contributed by atoms with van der Waals surface area (Å²) in [5, 5.41) is 1.62. The van der Waals surface area contributed by atoms with Crippen molar-refractivity contribution in [1.82, 2.24) is 10.0 Å². The van der Waals surface area contributed by atoms with Crippen LogP contribution in [0.15, 0.2) is 51.4 Å². The van der Waals surface area contributed by atoms with Gasteiger partial charge in [-0.2, -0.15) is 5.06 Å². The van der Waals surface area contributed by atoms with E-state index in [0.29, 0.717) is 31.2 Å². The van der Waals surface area contributed by atoms with E-state index in [1.165, 1.54) is 0 Å². The average Bonchev–Trinajstić information content (AvgIpc) is 3.09. The minimum absolute atomic E-state index is 0.00743. The molecule has 1 heterocycles. The molecule has 7 heteroatoms. The summed E-state index contributed by atoms with van der Waals surface area (Å²) in [6, 6.07) is 16.8. The highest BCUT2D eigenvalue weighted by Crippen LogP contribution is 2.25. The molecule has 3 rings (SSSR count). The van der Waals surface area contributed by atoms with Crippen molar-refractivity contribution >= 4 is 22.2 Å². The average molecular weight is 486 g/mol. The number of hydroxylamine groups is 2. The van der Waals surface area contributed by atoms with Crippen molar-refractivity contribution in [2.45, 2.75) is 39.8 Å². The quantitative estimate of drug-likeness (QED) is 0.275. The summed E-state index contributed by atoms with van der Waals surface area (Å²) in [5.41, 5.74) is 2.68. The van der Waals surface area contributed by atoms with Gasteiger partial charge in [0, 0.05) is 22.5 Å². The molecule has 0 aliphatic carbocycles. The number of oxazole rings is 1. The van der Waals surface area contributed by atoms with E-state index in [-0.39, 0.29) is 12.6 Å². The fourth-order valence-corrected chi connectivity index (χ4v) is 3.45. The maximum Gasteiger partial charge on any atom is 0.226 e. The number of rotatable bonds is 11. The van der Waals surface area contributed by atoms with Gasteiger partial charge >= 0.3 is 0 Å². The minimum atomic E-state index is -0.00743. The fourth-order valence-electron chi connectivity index (χ4n) is 3.05. The lowest BCUT2D eigenvalue weighted by molar-refractivity contribution is -0.191. The molecule has 0 atom stereocenters. The number of hydrogen-bond donors (Lipinski definition) is 0. The third-order valence-corrected chi connectivity index (χ3v) is 4.87. The Morgan fingerprint density at radius 1 is 1.26 bits per heavy atom. The Morgan fingerprint density at radius 2 is 2.06 bits per heavy atom. The first-order chi connectivity index (χ1) is 14.9. The van der Waals surface area contributed by atoms with E-state index < -0.39 is 0 Å². The molecule has 0 amide bonds. The molecular weight excluding hydrogens is 460 g/mol. The molecule has 2 aromatic carbocycles. The normalized spacial score (nSPS) is 11.3. The van der Waals surface area contributed by atoms with Gasteiger partial charge in [0.05, 0.1) is 31.5 Å². The highest BCUT2D eigenvalue weighted by atomic mass is 79.9. The predicted octanol–water partition coefficient (Wildman–Crippen LogP) is 5.18. The summed E-state index contributed by atoms with van der Waals surface area (Å²) in [6.45, 7) is 6.86. The zero-order valence-electron chi connectivity index (χ0n) is 17.9. The van der Waals surface area contributed by atoms with Gasteiger partial charge in [-0.1, -0.05) is 34.1 Å². The van der Waals surface area contributed by atoms with Crippen LogP contribution >= 0.6 is 15.9 Å². The van der Waals surface area contributed by atoms with Gasteiger partial charge < -0.3 is 13.9 Å². The van der Waals surface area contributed by atoms with E-state index >= 15 is 0 Å². The van der Waals surface area contributed by atoms with Crippen molar-refractivity contribution in [3.63, 3.8) is 0 Å². The third-order valence-electron chi connectivity index (χ3n) is 4.37. The molecule has 0 N–H and O–H groups in total. The number of carbonyl (C=O) groups is 1. The van der Waals surface area contributed by atoms with Gasteiger partial charge in [0.25, 0.3) is 0 Å². The summed E-state index contributed by atoms with van der Waals surface area (Å²) in [4.78, 5) is 21.2. The summed E-state index contributed by atoms with van der Waals surface area (Å²) < 4.78 is 12.7. The minimum Gasteiger partial charge on any atom is -0.493 e. The van der Waals surface area contributed by atoms with Crippen molar-refractivity contribution in [3.8, 4) is 17.2 Å². The van der Waals surface area contributed by atoms with E-state index in [4.69, 9.17) is 14.0 Å². The number of ether oxygens (including phenoxy) is 1. The molecule has 3 aromatic rings.